The van der Waals surface area contributed by atoms with E-state index in [1.54, 1.807) is 54.7 Å². The number of hydrogen-bond acceptors (Lipinski definition) is 4. The molecule has 0 atom stereocenters. The van der Waals surface area contributed by atoms with Crippen molar-refractivity contribution in [3.8, 4) is 29.8 Å². The lowest BCUT2D eigenvalue weighted by molar-refractivity contribution is 0.588. The van der Waals surface area contributed by atoms with E-state index in [2.05, 4.69) is 46.4 Å². The molecule has 0 fully saturated rings. The molecule has 1 N–H and O–H groups in total. The van der Waals surface area contributed by atoms with Crippen molar-refractivity contribution in [1.82, 2.24) is 4.98 Å². The normalized spacial score (nSPS) is 10.3. The molecule has 1 heterocycles. The quantitative estimate of drug-likeness (QED) is 0.298. The highest BCUT2D eigenvalue weighted by Crippen LogP contribution is 2.13. The molecule has 5 nitrogen and oxygen atoms in total. The summed E-state index contributed by atoms with van der Waals surface area (Å²) in [4.78, 5) is 4.33. The zero-order chi connectivity index (χ0) is 25.6. The standard InChI is InChI=1S/C30H29N3O2S/c1-2-3-4-5-6-7-22-36(34,35)33-30-20-15-26(16-21-30)10-13-28-17-19-29(32-24-28)18-14-25-8-11-27(23-31)12-9-25/h8-9,11-12,15-17,19-21,24,33H,2-7,22H2,1H3. The van der Waals surface area contributed by atoms with E-state index in [1.807, 2.05) is 12.1 Å². The van der Waals surface area contributed by atoms with Crippen LogP contribution in [0.15, 0.2) is 66.9 Å². The van der Waals surface area contributed by atoms with E-state index < -0.39 is 10.0 Å². The predicted molar refractivity (Wildman–Crippen MR) is 145 cm³/mol. The number of rotatable bonds is 9. The van der Waals surface area contributed by atoms with Crippen molar-refractivity contribution in [2.24, 2.45) is 0 Å². The second kappa shape index (κ2) is 13.7. The van der Waals surface area contributed by atoms with Crippen molar-refractivity contribution in [2.75, 3.05) is 10.5 Å². The van der Waals surface area contributed by atoms with E-state index in [0.29, 0.717) is 23.4 Å². The minimum atomic E-state index is -3.34. The summed E-state index contributed by atoms with van der Waals surface area (Å²) in [5.74, 6) is 12.3. The lowest BCUT2D eigenvalue weighted by atomic mass is 10.1. The van der Waals surface area contributed by atoms with Gasteiger partial charge in [0.1, 0.15) is 5.69 Å². The third-order valence-corrected chi connectivity index (χ3v) is 6.76. The molecule has 0 aliphatic rings. The van der Waals surface area contributed by atoms with Gasteiger partial charge in [-0.05, 0) is 73.0 Å². The van der Waals surface area contributed by atoms with Gasteiger partial charge in [0.15, 0.2) is 0 Å². The molecule has 182 valence electrons. The average molecular weight is 496 g/mol. The SMILES string of the molecule is CCCCCCCCS(=O)(=O)Nc1ccc(C#Cc2ccc(C#Cc3ccc(C#N)cc3)nc2)cc1. The van der Waals surface area contributed by atoms with Crippen LogP contribution >= 0.6 is 0 Å². The number of benzene rings is 2. The van der Waals surface area contributed by atoms with Crippen molar-refractivity contribution in [3.05, 3.63) is 94.8 Å². The summed E-state index contributed by atoms with van der Waals surface area (Å²) in [7, 11) is -3.34. The number of pyridine rings is 1. The van der Waals surface area contributed by atoms with Crippen LogP contribution in [0.4, 0.5) is 5.69 Å². The summed E-state index contributed by atoms with van der Waals surface area (Å²) in [6.07, 6.45) is 7.92. The van der Waals surface area contributed by atoms with Gasteiger partial charge in [-0.25, -0.2) is 13.4 Å². The van der Waals surface area contributed by atoms with Crippen LogP contribution in [0.3, 0.4) is 0 Å². The van der Waals surface area contributed by atoms with Gasteiger partial charge in [0.25, 0.3) is 0 Å². The van der Waals surface area contributed by atoms with E-state index >= 15 is 0 Å². The summed E-state index contributed by atoms with van der Waals surface area (Å²) < 4.78 is 27.2. The highest BCUT2D eigenvalue weighted by atomic mass is 32.2. The number of hydrogen-bond donors (Lipinski definition) is 1. The summed E-state index contributed by atoms with van der Waals surface area (Å²) >= 11 is 0. The fourth-order valence-electron chi connectivity index (χ4n) is 3.37. The van der Waals surface area contributed by atoms with E-state index in [9.17, 15) is 8.42 Å². The van der Waals surface area contributed by atoms with Crippen LogP contribution in [-0.2, 0) is 10.0 Å². The first-order valence-electron chi connectivity index (χ1n) is 12.1. The molecule has 0 radical (unpaired) electrons. The number of anilines is 1. The fourth-order valence-corrected chi connectivity index (χ4v) is 4.56. The number of aromatic nitrogens is 1. The van der Waals surface area contributed by atoms with E-state index in [-0.39, 0.29) is 5.75 Å². The summed E-state index contributed by atoms with van der Waals surface area (Å²) in [5, 5.41) is 8.85. The molecule has 0 bridgehead atoms. The molecular formula is C30H29N3O2S. The fraction of sp³-hybridized carbons (Fsp3) is 0.267. The molecule has 3 rings (SSSR count). The highest BCUT2D eigenvalue weighted by molar-refractivity contribution is 7.92. The lowest BCUT2D eigenvalue weighted by Crippen LogP contribution is -2.16. The van der Waals surface area contributed by atoms with Gasteiger partial charge in [-0.3, -0.25) is 4.72 Å². The van der Waals surface area contributed by atoms with Crippen LogP contribution in [0.1, 0.15) is 73.4 Å². The first-order chi connectivity index (χ1) is 17.5. The first kappa shape index (κ1) is 26.6. The van der Waals surface area contributed by atoms with Crippen LogP contribution in [0.25, 0.3) is 0 Å². The Hall–Kier alpha value is -4.05. The maximum Gasteiger partial charge on any atom is 0.232 e. The molecule has 0 amide bonds. The Labute approximate surface area is 214 Å². The number of unbranched alkanes of at least 4 members (excludes halogenated alkanes) is 5. The Balaban J connectivity index is 1.52. The summed E-state index contributed by atoms with van der Waals surface area (Å²) in [6.45, 7) is 2.16. The van der Waals surface area contributed by atoms with Crippen LogP contribution in [0.2, 0.25) is 0 Å². The van der Waals surface area contributed by atoms with Crippen molar-refractivity contribution < 1.29 is 8.42 Å². The zero-order valence-electron chi connectivity index (χ0n) is 20.4. The average Bonchev–Trinajstić information content (AvgIpc) is 2.90. The third-order valence-electron chi connectivity index (χ3n) is 5.39. The zero-order valence-corrected chi connectivity index (χ0v) is 21.2. The van der Waals surface area contributed by atoms with E-state index in [1.165, 1.54) is 19.3 Å². The Morgan fingerprint density at radius 3 is 1.92 bits per heavy atom. The maximum absolute atomic E-state index is 12.3. The van der Waals surface area contributed by atoms with Gasteiger partial charge in [0.05, 0.1) is 17.4 Å². The van der Waals surface area contributed by atoms with E-state index in [0.717, 1.165) is 29.5 Å². The van der Waals surface area contributed by atoms with Gasteiger partial charge in [0.2, 0.25) is 10.0 Å². The molecule has 0 saturated heterocycles. The lowest BCUT2D eigenvalue weighted by Gasteiger charge is -2.08. The van der Waals surface area contributed by atoms with Gasteiger partial charge in [-0.2, -0.15) is 5.26 Å². The Bertz CT molecular complexity index is 1400. The second-order valence-corrected chi connectivity index (χ2v) is 10.2. The number of sulfonamides is 1. The van der Waals surface area contributed by atoms with Crippen molar-refractivity contribution in [1.29, 1.82) is 5.26 Å². The molecule has 2 aromatic carbocycles. The minimum absolute atomic E-state index is 0.140. The molecule has 6 heteroatoms. The summed E-state index contributed by atoms with van der Waals surface area (Å²) in [5.41, 5.74) is 4.11. The van der Waals surface area contributed by atoms with Gasteiger partial charge in [-0.15, -0.1) is 0 Å². The van der Waals surface area contributed by atoms with Crippen LogP contribution in [-0.4, -0.2) is 19.2 Å². The van der Waals surface area contributed by atoms with Crippen LogP contribution in [0.5, 0.6) is 0 Å². The molecule has 3 aromatic rings. The second-order valence-electron chi connectivity index (χ2n) is 8.39. The minimum Gasteiger partial charge on any atom is -0.284 e. The number of nitrogens with zero attached hydrogens (tertiary/aromatic N) is 2. The molecule has 0 aliphatic carbocycles. The third kappa shape index (κ3) is 9.30. The Morgan fingerprint density at radius 1 is 0.722 bits per heavy atom. The molecule has 0 aliphatic heterocycles. The Morgan fingerprint density at radius 2 is 1.28 bits per heavy atom. The van der Waals surface area contributed by atoms with Crippen molar-refractivity contribution >= 4 is 15.7 Å². The monoisotopic (exact) mass is 495 g/mol. The largest absolute Gasteiger partial charge is 0.284 e. The predicted octanol–water partition coefficient (Wildman–Crippen LogP) is 5.86. The van der Waals surface area contributed by atoms with Gasteiger partial charge >= 0.3 is 0 Å². The van der Waals surface area contributed by atoms with Gasteiger partial charge in [-0.1, -0.05) is 56.8 Å². The Kier molecular flexibility index (Phi) is 10.1. The topological polar surface area (TPSA) is 82.9 Å². The molecule has 0 unspecified atom stereocenters. The molecule has 1 aromatic heterocycles. The highest BCUT2D eigenvalue weighted by Gasteiger charge is 2.09. The van der Waals surface area contributed by atoms with E-state index in [4.69, 9.17) is 5.26 Å². The van der Waals surface area contributed by atoms with Crippen LogP contribution < -0.4 is 4.72 Å². The van der Waals surface area contributed by atoms with Crippen molar-refractivity contribution in [3.63, 3.8) is 0 Å². The van der Waals surface area contributed by atoms with Gasteiger partial charge in [0, 0.05) is 28.6 Å². The number of nitriles is 1. The van der Waals surface area contributed by atoms with Crippen LogP contribution in [0, 0.1) is 35.0 Å². The van der Waals surface area contributed by atoms with Gasteiger partial charge < -0.3 is 0 Å². The molecule has 0 saturated carbocycles. The smallest absolute Gasteiger partial charge is 0.232 e. The first-order valence-corrected chi connectivity index (χ1v) is 13.7. The molecule has 36 heavy (non-hydrogen) atoms. The maximum atomic E-state index is 12.3. The van der Waals surface area contributed by atoms with Crippen molar-refractivity contribution in [2.45, 2.75) is 45.4 Å². The molecular weight excluding hydrogens is 466 g/mol. The number of nitrogens with one attached hydrogen (secondary N) is 1. The summed E-state index contributed by atoms with van der Waals surface area (Å²) in [6, 6.07) is 19.8. The molecule has 0 spiro atoms.